The lowest BCUT2D eigenvalue weighted by atomic mass is 9.71. The summed E-state index contributed by atoms with van der Waals surface area (Å²) < 4.78 is 0. The van der Waals surface area contributed by atoms with E-state index in [9.17, 15) is 9.59 Å². The van der Waals surface area contributed by atoms with Crippen LogP contribution in [0.4, 0.5) is 0 Å². The summed E-state index contributed by atoms with van der Waals surface area (Å²) in [6.45, 7) is 22.6. The Morgan fingerprint density at radius 3 is 1.32 bits per heavy atom. The van der Waals surface area contributed by atoms with Crippen LogP contribution in [0.25, 0.3) is 0 Å². The fraction of sp³-hybridized carbons (Fsp3) is 0.933. The molecule has 4 atom stereocenters. The summed E-state index contributed by atoms with van der Waals surface area (Å²) >= 11 is 0. The monoisotopic (exact) mass is 538 g/mol. The summed E-state index contributed by atoms with van der Waals surface area (Å²) in [6.07, 6.45) is 9.83. The molecule has 0 saturated carbocycles. The normalized spacial score (nSPS) is 31.6. The Morgan fingerprint density at radius 2 is 1.03 bits per heavy atom. The Bertz CT molecular complexity index is 724. The van der Waals surface area contributed by atoms with Gasteiger partial charge < -0.3 is 20.3 Å². The summed E-state index contributed by atoms with van der Waals surface area (Å²) in [4.78, 5) is 36.3. The van der Waals surface area contributed by atoms with Gasteiger partial charge in [-0.3, -0.25) is 9.59 Å². The zero-order valence-corrected chi connectivity index (χ0v) is 26.2. The van der Waals surface area contributed by atoms with Gasteiger partial charge in [-0.2, -0.15) is 0 Å². The second kappa shape index (κ2) is 13.4. The van der Waals surface area contributed by atoms with Crippen LogP contribution in [-0.4, -0.2) is 69.4 Å². The largest absolute Gasteiger partial charge is 0.367 e. The molecule has 0 amide bonds. The third-order valence-electron chi connectivity index (χ3n) is 8.51. The Hall–Kier alpha value is -1.22. The van der Waals surface area contributed by atoms with E-state index in [1.54, 1.807) is 0 Å². The molecule has 0 radical (unpaired) electrons. The van der Waals surface area contributed by atoms with E-state index < -0.39 is 0 Å². The zero-order chi connectivity index (χ0) is 28.8. The van der Waals surface area contributed by atoms with E-state index in [1.807, 2.05) is 10.1 Å². The highest BCUT2D eigenvalue weighted by atomic mass is 16.7. The summed E-state index contributed by atoms with van der Waals surface area (Å²) in [5, 5.41) is 11.5. The van der Waals surface area contributed by atoms with Gasteiger partial charge in [-0.15, -0.1) is 10.1 Å². The Labute approximate surface area is 232 Å². The minimum absolute atomic E-state index is 0.284. The molecule has 2 N–H and O–H groups in total. The topological polar surface area (TPSA) is 83.1 Å². The number of hydrogen-bond acceptors (Lipinski definition) is 8. The van der Waals surface area contributed by atoms with Crippen LogP contribution in [0.3, 0.4) is 0 Å². The average Bonchev–Trinajstić information content (AvgIpc) is 2.78. The maximum absolute atomic E-state index is 12.2. The van der Waals surface area contributed by atoms with Gasteiger partial charge in [0.1, 0.15) is 0 Å². The number of nitrogens with zero attached hydrogens (tertiary/aromatic N) is 2. The second-order valence-corrected chi connectivity index (χ2v) is 13.7. The molecule has 38 heavy (non-hydrogen) atoms. The zero-order valence-electron chi connectivity index (χ0n) is 26.2. The minimum atomic E-state index is -0.366. The molecule has 0 aromatic rings. The van der Waals surface area contributed by atoms with Crippen LogP contribution in [0, 0.1) is 0 Å². The maximum atomic E-state index is 12.2. The van der Waals surface area contributed by atoms with Gasteiger partial charge in [0.15, 0.2) is 0 Å². The smallest absolute Gasteiger partial charge is 0.322 e. The molecule has 0 spiro atoms. The van der Waals surface area contributed by atoms with Crippen molar-refractivity contribution in [3.05, 3.63) is 0 Å². The summed E-state index contributed by atoms with van der Waals surface area (Å²) in [5.74, 6) is -0.568. The molecule has 0 bridgehead atoms. The molecule has 2 fully saturated rings. The number of carbonyl (C=O) groups excluding carboxylic acids is 2. The van der Waals surface area contributed by atoms with Crippen molar-refractivity contribution in [3.8, 4) is 0 Å². The van der Waals surface area contributed by atoms with Crippen molar-refractivity contribution in [2.45, 2.75) is 168 Å². The number of nitrogens with one attached hydrogen (secondary N) is 2. The molecular formula is C30H58N4O4. The number of hydroxylamine groups is 4. The van der Waals surface area contributed by atoms with Crippen LogP contribution in [0.5, 0.6) is 0 Å². The number of hydrogen-bond donors (Lipinski definition) is 2. The van der Waals surface area contributed by atoms with Gasteiger partial charge in [0.25, 0.3) is 0 Å². The third-order valence-corrected chi connectivity index (χ3v) is 8.51. The van der Waals surface area contributed by atoms with Gasteiger partial charge >= 0.3 is 11.9 Å². The van der Waals surface area contributed by atoms with Crippen LogP contribution >= 0.6 is 0 Å². The lowest BCUT2D eigenvalue weighted by molar-refractivity contribution is -0.285. The highest BCUT2D eigenvalue weighted by molar-refractivity contribution is 5.66. The molecule has 8 heteroatoms. The Kier molecular flexibility index (Phi) is 11.7. The maximum Gasteiger partial charge on any atom is 0.322 e. The predicted molar refractivity (Wildman–Crippen MR) is 153 cm³/mol. The molecule has 2 heterocycles. The van der Waals surface area contributed by atoms with Crippen LogP contribution < -0.4 is 10.6 Å². The quantitative estimate of drug-likeness (QED) is 0.297. The van der Waals surface area contributed by atoms with Crippen molar-refractivity contribution in [2.75, 3.05) is 13.1 Å². The predicted octanol–water partition coefficient (Wildman–Crippen LogP) is 5.51. The van der Waals surface area contributed by atoms with E-state index in [2.05, 4.69) is 66.0 Å². The second-order valence-electron chi connectivity index (χ2n) is 13.7. The molecule has 8 nitrogen and oxygen atoms in total. The van der Waals surface area contributed by atoms with Crippen molar-refractivity contribution < 1.29 is 19.3 Å². The van der Waals surface area contributed by atoms with Crippen molar-refractivity contribution in [2.24, 2.45) is 0 Å². The SMILES string of the molecule is CCCCNC1CC(C)(C)N(OC(C)=O)C(C)(CCC2(C)CC(NCCCC)CC(C)(C)N2OC(C)=O)C1. The summed E-state index contributed by atoms with van der Waals surface area (Å²) in [7, 11) is 0. The molecule has 2 aliphatic heterocycles. The third kappa shape index (κ3) is 8.64. The first-order valence-electron chi connectivity index (χ1n) is 15.0. The average molecular weight is 539 g/mol. The number of unbranched alkanes of at least 4 members (excludes halogenated alkanes) is 2. The number of rotatable bonds is 13. The van der Waals surface area contributed by atoms with E-state index >= 15 is 0 Å². The van der Waals surface area contributed by atoms with E-state index in [-0.39, 0.29) is 34.1 Å². The summed E-state index contributed by atoms with van der Waals surface area (Å²) in [5.41, 5.74) is -1.35. The van der Waals surface area contributed by atoms with E-state index in [0.29, 0.717) is 12.1 Å². The van der Waals surface area contributed by atoms with Crippen LogP contribution in [0.2, 0.25) is 0 Å². The van der Waals surface area contributed by atoms with E-state index in [0.717, 1.165) is 77.3 Å². The van der Waals surface area contributed by atoms with Crippen molar-refractivity contribution in [1.29, 1.82) is 0 Å². The van der Waals surface area contributed by atoms with Gasteiger partial charge in [0, 0.05) is 25.9 Å². The molecule has 0 aromatic carbocycles. The minimum Gasteiger partial charge on any atom is -0.367 e. The number of piperidine rings is 2. The van der Waals surface area contributed by atoms with Crippen LogP contribution in [-0.2, 0) is 19.3 Å². The first-order valence-corrected chi connectivity index (χ1v) is 15.0. The molecule has 0 aliphatic carbocycles. The molecular weight excluding hydrogens is 480 g/mol. The van der Waals surface area contributed by atoms with Gasteiger partial charge in [0.05, 0.1) is 22.2 Å². The van der Waals surface area contributed by atoms with Crippen LogP contribution in [0.1, 0.15) is 133 Å². The highest BCUT2D eigenvalue weighted by Gasteiger charge is 2.54. The van der Waals surface area contributed by atoms with Gasteiger partial charge in [-0.25, -0.2) is 0 Å². The van der Waals surface area contributed by atoms with Crippen LogP contribution in [0.15, 0.2) is 0 Å². The van der Waals surface area contributed by atoms with E-state index in [4.69, 9.17) is 9.68 Å². The lowest BCUT2D eigenvalue weighted by Gasteiger charge is -2.57. The fourth-order valence-electron chi connectivity index (χ4n) is 7.13. The van der Waals surface area contributed by atoms with Crippen molar-refractivity contribution in [3.63, 3.8) is 0 Å². The lowest BCUT2D eigenvalue weighted by Crippen LogP contribution is -2.67. The molecule has 0 aromatic heterocycles. The molecule has 222 valence electrons. The molecule has 2 saturated heterocycles. The van der Waals surface area contributed by atoms with Gasteiger partial charge in [0.2, 0.25) is 0 Å². The first kappa shape index (κ1) is 33.0. The van der Waals surface area contributed by atoms with Gasteiger partial charge in [-0.05, 0) is 106 Å². The molecule has 2 rings (SSSR count). The standard InChI is InChI=1S/C30H58N4O4/c1-11-13-17-31-25-19-27(5,6)33(37-23(3)35)29(9,21-25)15-16-30(10)22-26(32-18-14-12-2)20-28(7,8)34(30)38-24(4)36/h25-26,31-32H,11-22H2,1-10H3. The van der Waals surface area contributed by atoms with E-state index in [1.165, 1.54) is 13.8 Å². The first-order chi connectivity index (χ1) is 17.6. The molecule has 4 unspecified atom stereocenters. The Morgan fingerprint density at radius 1 is 0.684 bits per heavy atom. The van der Waals surface area contributed by atoms with Gasteiger partial charge in [-0.1, -0.05) is 26.7 Å². The molecule has 2 aliphatic rings. The fourth-order valence-corrected chi connectivity index (χ4v) is 7.13. The Balaban J connectivity index is 2.35. The summed E-state index contributed by atoms with van der Waals surface area (Å²) in [6, 6.07) is 0.689. The number of carbonyl (C=O) groups is 2. The van der Waals surface area contributed by atoms with Crippen molar-refractivity contribution in [1.82, 2.24) is 20.8 Å². The van der Waals surface area contributed by atoms with Crippen molar-refractivity contribution >= 4 is 11.9 Å². The highest BCUT2D eigenvalue weighted by Crippen LogP contribution is 2.46.